The first-order valence-electron chi connectivity index (χ1n) is 6.47. The lowest BCUT2D eigenvalue weighted by atomic mass is 10.2. The van der Waals surface area contributed by atoms with Gasteiger partial charge in [0, 0.05) is 10.6 Å². The zero-order valence-electron chi connectivity index (χ0n) is 11.1. The van der Waals surface area contributed by atoms with Gasteiger partial charge in [0.15, 0.2) is 0 Å². The Morgan fingerprint density at radius 3 is 2.52 bits per heavy atom. The van der Waals surface area contributed by atoms with Crippen molar-refractivity contribution in [1.29, 1.82) is 0 Å². The first-order valence-corrected chi connectivity index (χ1v) is 6.84. The number of nitrogens with one attached hydrogen (secondary N) is 1. The molecule has 1 amide bonds. The Morgan fingerprint density at radius 1 is 1.05 bits per heavy atom. The number of rotatable bonds is 3. The standard InChI is InChI=1S/C16H12ClN3O/c17-12-7-5-11(6-8-12)16(21)19-10-13-9-18-14-3-1-2-4-15(14)20-13/h1-9H,10H2,(H,19,21). The van der Waals surface area contributed by atoms with E-state index < -0.39 is 0 Å². The van der Waals surface area contributed by atoms with Crippen LogP contribution in [0, 0.1) is 0 Å². The lowest BCUT2D eigenvalue weighted by Crippen LogP contribution is -2.23. The zero-order chi connectivity index (χ0) is 14.7. The number of para-hydroxylation sites is 2. The molecule has 1 heterocycles. The molecule has 0 aliphatic heterocycles. The number of amides is 1. The molecule has 0 saturated heterocycles. The molecule has 0 atom stereocenters. The minimum absolute atomic E-state index is 0.165. The molecule has 1 N–H and O–H groups in total. The smallest absolute Gasteiger partial charge is 0.251 e. The second-order valence-corrected chi connectivity index (χ2v) is 4.98. The summed E-state index contributed by atoms with van der Waals surface area (Å²) in [5.41, 5.74) is 2.94. The zero-order valence-corrected chi connectivity index (χ0v) is 11.8. The van der Waals surface area contributed by atoms with Crippen molar-refractivity contribution < 1.29 is 4.79 Å². The van der Waals surface area contributed by atoms with Gasteiger partial charge in [-0.25, -0.2) is 4.98 Å². The van der Waals surface area contributed by atoms with Crippen LogP contribution in [0.3, 0.4) is 0 Å². The van der Waals surface area contributed by atoms with Crippen LogP contribution < -0.4 is 5.32 Å². The van der Waals surface area contributed by atoms with Gasteiger partial charge >= 0.3 is 0 Å². The molecule has 4 nitrogen and oxygen atoms in total. The number of hydrogen-bond donors (Lipinski definition) is 1. The summed E-state index contributed by atoms with van der Waals surface area (Å²) in [6.07, 6.45) is 1.67. The fourth-order valence-electron chi connectivity index (χ4n) is 1.95. The van der Waals surface area contributed by atoms with Gasteiger partial charge in [-0.2, -0.15) is 0 Å². The Kier molecular flexibility index (Phi) is 3.79. The Bertz CT molecular complexity index is 787. The molecule has 3 aromatic rings. The quantitative estimate of drug-likeness (QED) is 0.807. The summed E-state index contributed by atoms with van der Waals surface area (Å²) in [6, 6.07) is 14.4. The molecule has 1 aromatic heterocycles. The molecule has 0 radical (unpaired) electrons. The van der Waals surface area contributed by atoms with Gasteiger partial charge in [0.25, 0.3) is 5.91 Å². The summed E-state index contributed by atoms with van der Waals surface area (Å²) < 4.78 is 0. The van der Waals surface area contributed by atoms with Gasteiger partial charge in [-0.15, -0.1) is 0 Å². The topological polar surface area (TPSA) is 54.9 Å². The number of benzene rings is 2. The molecular weight excluding hydrogens is 286 g/mol. The maximum absolute atomic E-state index is 12.0. The highest BCUT2D eigenvalue weighted by Gasteiger charge is 2.06. The van der Waals surface area contributed by atoms with E-state index in [0.717, 1.165) is 16.7 Å². The number of fused-ring (bicyclic) bond motifs is 1. The van der Waals surface area contributed by atoms with Crippen molar-refractivity contribution in [2.45, 2.75) is 6.54 Å². The molecule has 3 rings (SSSR count). The Labute approximate surface area is 126 Å². The number of halogens is 1. The first kappa shape index (κ1) is 13.5. The van der Waals surface area contributed by atoms with E-state index in [1.165, 1.54) is 0 Å². The fourth-order valence-corrected chi connectivity index (χ4v) is 2.08. The van der Waals surface area contributed by atoms with Gasteiger partial charge in [-0.05, 0) is 36.4 Å². The van der Waals surface area contributed by atoms with Crippen molar-refractivity contribution in [2.75, 3.05) is 0 Å². The van der Waals surface area contributed by atoms with Crippen molar-refractivity contribution in [2.24, 2.45) is 0 Å². The van der Waals surface area contributed by atoms with Crippen molar-refractivity contribution in [3.8, 4) is 0 Å². The van der Waals surface area contributed by atoms with Crippen molar-refractivity contribution in [3.05, 3.63) is 71.0 Å². The fraction of sp³-hybridized carbons (Fsp3) is 0.0625. The minimum Gasteiger partial charge on any atom is -0.346 e. The highest BCUT2D eigenvalue weighted by Crippen LogP contribution is 2.10. The molecule has 0 saturated carbocycles. The van der Waals surface area contributed by atoms with Gasteiger partial charge < -0.3 is 5.32 Å². The van der Waals surface area contributed by atoms with Gasteiger partial charge in [-0.3, -0.25) is 9.78 Å². The van der Waals surface area contributed by atoms with E-state index in [9.17, 15) is 4.79 Å². The average molecular weight is 298 g/mol. The van der Waals surface area contributed by atoms with Gasteiger partial charge in [0.2, 0.25) is 0 Å². The van der Waals surface area contributed by atoms with E-state index in [0.29, 0.717) is 17.1 Å². The van der Waals surface area contributed by atoms with Crippen molar-refractivity contribution in [1.82, 2.24) is 15.3 Å². The minimum atomic E-state index is -0.165. The largest absolute Gasteiger partial charge is 0.346 e. The third-order valence-electron chi connectivity index (χ3n) is 3.03. The summed E-state index contributed by atoms with van der Waals surface area (Å²) in [4.78, 5) is 20.8. The van der Waals surface area contributed by atoms with E-state index in [2.05, 4.69) is 15.3 Å². The second-order valence-electron chi connectivity index (χ2n) is 4.54. The predicted octanol–water partition coefficient (Wildman–Crippen LogP) is 3.21. The molecule has 0 fully saturated rings. The normalized spacial score (nSPS) is 10.5. The third-order valence-corrected chi connectivity index (χ3v) is 3.29. The van der Waals surface area contributed by atoms with E-state index in [4.69, 9.17) is 11.6 Å². The molecule has 0 spiro atoms. The Balaban J connectivity index is 1.71. The Hall–Kier alpha value is -2.46. The maximum Gasteiger partial charge on any atom is 0.251 e. The third kappa shape index (κ3) is 3.17. The molecule has 104 valence electrons. The van der Waals surface area contributed by atoms with Crippen LogP contribution in [0.2, 0.25) is 5.02 Å². The van der Waals surface area contributed by atoms with Crippen LogP contribution in [0.25, 0.3) is 11.0 Å². The van der Waals surface area contributed by atoms with E-state index in [1.807, 2.05) is 24.3 Å². The van der Waals surface area contributed by atoms with Gasteiger partial charge in [-0.1, -0.05) is 23.7 Å². The van der Waals surface area contributed by atoms with E-state index in [-0.39, 0.29) is 5.91 Å². The predicted molar refractivity (Wildman–Crippen MR) is 82.2 cm³/mol. The molecular formula is C16H12ClN3O. The highest BCUT2D eigenvalue weighted by atomic mass is 35.5. The maximum atomic E-state index is 12.0. The van der Waals surface area contributed by atoms with Crippen LogP contribution in [0.15, 0.2) is 54.7 Å². The van der Waals surface area contributed by atoms with Gasteiger partial charge in [0.1, 0.15) is 0 Å². The second kappa shape index (κ2) is 5.89. The van der Waals surface area contributed by atoms with Crippen LogP contribution in [0.1, 0.15) is 16.1 Å². The lowest BCUT2D eigenvalue weighted by molar-refractivity contribution is 0.0950. The van der Waals surface area contributed by atoms with Crippen molar-refractivity contribution >= 4 is 28.5 Å². The molecule has 21 heavy (non-hydrogen) atoms. The van der Waals surface area contributed by atoms with Crippen LogP contribution >= 0.6 is 11.6 Å². The van der Waals surface area contributed by atoms with E-state index in [1.54, 1.807) is 30.5 Å². The van der Waals surface area contributed by atoms with Crippen LogP contribution in [-0.4, -0.2) is 15.9 Å². The molecule has 0 unspecified atom stereocenters. The number of carbonyl (C=O) groups excluding carboxylic acids is 1. The number of hydrogen-bond acceptors (Lipinski definition) is 3. The molecule has 0 bridgehead atoms. The van der Waals surface area contributed by atoms with Crippen molar-refractivity contribution in [3.63, 3.8) is 0 Å². The summed E-state index contributed by atoms with van der Waals surface area (Å²) >= 11 is 5.79. The summed E-state index contributed by atoms with van der Waals surface area (Å²) in [5, 5.41) is 3.42. The SMILES string of the molecule is O=C(NCc1cnc2ccccc2n1)c1ccc(Cl)cc1. The number of aromatic nitrogens is 2. The lowest BCUT2D eigenvalue weighted by Gasteiger charge is -2.05. The monoisotopic (exact) mass is 297 g/mol. The van der Waals surface area contributed by atoms with Crippen LogP contribution in [-0.2, 0) is 6.54 Å². The molecule has 2 aromatic carbocycles. The van der Waals surface area contributed by atoms with Crippen LogP contribution in [0.5, 0.6) is 0 Å². The average Bonchev–Trinajstić information content (AvgIpc) is 2.53. The van der Waals surface area contributed by atoms with Gasteiger partial charge in [0.05, 0.1) is 29.5 Å². The van der Waals surface area contributed by atoms with E-state index >= 15 is 0 Å². The first-order chi connectivity index (χ1) is 10.2. The Morgan fingerprint density at radius 2 is 1.76 bits per heavy atom. The number of nitrogens with zero attached hydrogens (tertiary/aromatic N) is 2. The molecule has 0 aliphatic rings. The highest BCUT2D eigenvalue weighted by molar-refractivity contribution is 6.30. The summed E-state index contributed by atoms with van der Waals surface area (Å²) in [6.45, 7) is 0.333. The van der Waals surface area contributed by atoms with Crippen LogP contribution in [0.4, 0.5) is 0 Å². The molecule has 0 aliphatic carbocycles. The summed E-state index contributed by atoms with van der Waals surface area (Å²) in [7, 11) is 0. The molecule has 5 heteroatoms. The number of carbonyl (C=O) groups is 1. The summed E-state index contributed by atoms with van der Waals surface area (Å²) in [5.74, 6) is -0.165.